The van der Waals surface area contributed by atoms with E-state index in [4.69, 9.17) is 38.4 Å². The van der Waals surface area contributed by atoms with Crippen molar-refractivity contribution in [2.45, 2.75) is 159 Å². The maximum Gasteiger partial charge on any atom is 0.415 e. The molecule has 4 N–H and O–H groups in total. The number of nitrogens with one attached hydrogen (secondary N) is 1. The number of benzene rings is 2. The van der Waals surface area contributed by atoms with E-state index in [0.29, 0.717) is 62.5 Å². The van der Waals surface area contributed by atoms with Crippen molar-refractivity contribution in [3.05, 3.63) is 82.4 Å². The lowest BCUT2D eigenvalue weighted by Gasteiger charge is -2.59. The number of aliphatic hydroxyl groups excluding tert-OH is 3. The fourth-order valence-electron chi connectivity index (χ4n) is 11.1. The highest BCUT2D eigenvalue weighted by atomic mass is 16.8. The summed E-state index contributed by atoms with van der Waals surface area (Å²) in [6.45, 7) is 6.98. The molecule has 18 nitrogen and oxygen atoms in total. The molecule has 0 spiro atoms. The zero-order chi connectivity index (χ0) is 52.5. The molecule has 1 unspecified atom stereocenters. The number of nitrogens with zero attached hydrogens (tertiary/aromatic N) is 3. The zero-order valence-corrected chi connectivity index (χ0v) is 43.5. The molecule has 6 rings (SSSR count). The van der Waals surface area contributed by atoms with Crippen LogP contribution >= 0.6 is 0 Å². The Balaban J connectivity index is 1.42. The molecule has 0 bridgehead atoms. The van der Waals surface area contributed by atoms with Gasteiger partial charge in [-0.3, -0.25) is 15.0 Å². The molecule has 2 aliphatic carbocycles. The van der Waals surface area contributed by atoms with E-state index in [0.717, 1.165) is 56.1 Å². The van der Waals surface area contributed by atoms with Crippen LogP contribution in [0.15, 0.2) is 71.9 Å². The Morgan fingerprint density at radius 2 is 1.61 bits per heavy atom. The van der Waals surface area contributed by atoms with Crippen LogP contribution in [0.25, 0.3) is 0 Å². The van der Waals surface area contributed by atoms with Crippen molar-refractivity contribution in [3.63, 3.8) is 0 Å². The molecule has 1 saturated carbocycles. The first kappa shape index (κ1) is 58.2. The van der Waals surface area contributed by atoms with Crippen LogP contribution in [0.4, 0.5) is 15.3 Å². The molecule has 0 radical (unpaired) electrons. The van der Waals surface area contributed by atoms with Crippen LogP contribution in [0.3, 0.4) is 0 Å². The highest BCUT2D eigenvalue weighted by Gasteiger charge is 2.66. The summed E-state index contributed by atoms with van der Waals surface area (Å²) in [7, 11) is 0. The SMILES string of the molecule is C=CCO[C@@]12Oc3ccc(OC(=O)NCCCCCCCCCCCC)cc3[C@H]3[C@H](CCCCO)[C@@H](CCCCO)C=C(C(=NOC4CCCCO4)C[C@@H]1N(CCOCCO)C(=O)Oc1ccc([N+](=O)[O-])cc1)[C@H]32. The average molecular weight is 1040 g/mol. The normalized spacial score (nSPS) is 23.4. The van der Waals surface area contributed by atoms with Gasteiger partial charge >= 0.3 is 12.2 Å². The molecule has 1 saturated heterocycles. The molecule has 2 aromatic carbocycles. The topological polar surface area (TPSA) is 230 Å². The highest BCUT2D eigenvalue weighted by molar-refractivity contribution is 6.03. The van der Waals surface area contributed by atoms with E-state index in [9.17, 15) is 35.0 Å². The van der Waals surface area contributed by atoms with E-state index in [1.807, 2.05) is 6.07 Å². The van der Waals surface area contributed by atoms with Crippen molar-refractivity contribution in [3.8, 4) is 17.2 Å². The summed E-state index contributed by atoms with van der Waals surface area (Å²) in [4.78, 5) is 47.0. The van der Waals surface area contributed by atoms with Crippen LogP contribution in [0.2, 0.25) is 0 Å². The van der Waals surface area contributed by atoms with Gasteiger partial charge in [-0.2, -0.15) is 0 Å². The fourth-order valence-corrected chi connectivity index (χ4v) is 11.1. The number of nitro groups is 1. The number of ether oxygens (including phenoxy) is 6. The van der Waals surface area contributed by atoms with E-state index in [-0.39, 0.29) is 75.9 Å². The van der Waals surface area contributed by atoms with Gasteiger partial charge in [0.05, 0.1) is 49.6 Å². The van der Waals surface area contributed by atoms with E-state index in [1.54, 1.807) is 18.2 Å². The van der Waals surface area contributed by atoms with Crippen LogP contribution in [-0.2, 0) is 19.0 Å². The smallest absolute Gasteiger partial charge is 0.415 e. The number of non-ortho nitro benzene ring substituents is 1. The summed E-state index contributed by atoms with van der Waals surface area (Å²) in [6, 6.07) is 9.52. The number of nitro benzene ring substituents is 1. The van der Waals surface area contributed by atoms with Crippen molar-refractivity contribution >= 4 is 23.6 Å². The Morgan fingerprint density at radius 1 is 0.892 bits per heavy atom. The van der Waals surface area contributed by atoms with Crippen LogP contribution in [-0.4, -0.2) is 120 Å². The number of hydrogen-bond donors (Lipinski definition) is 4. The molecule has 410 valence electrons. The average Bonchev–Trinajstić information content (AvgIpc) is 3.41. The second-order valence-corrected chi connectivity index (χ2v) is 19.8. The molecule has 2 aromatic rings. The second kappa shape index (κ2) is 31.1. The summed E-state index contributed by atoms with van der Waals surface area (Å²) in [5, 5.41) is 49.1. The monoisotopic (exact) mass is 1030 g/mol. The van der Waals surface area contributed by atoms with Crippen molar-refractivity contribution in [1.82, 2.24) is 10.2 Å². The van der Waals surface area contributed by atoms with Gasteiger partial charge in [0.1, 0.15) is 23.3 Å². The van der Waals surface area contributed by atoms with E-state index in [2.05, 4.69) is 24.9 Å². The van der Waals surface area contributed by atoms with E-state index in [1.165, 1.54) is 74.1 Å². The number of hydrogen-bond acceptors (Lipinski definition) is 15. The lowest BCUT2D eigenvalue weighted by Crippen LogP contribution is -2.70. The molecule has 2 amide bonds. The maximum absolute atomic E-state index is 14.9. The van der Waals surface area contributed by atoms with E-state index >= 15 is 0 Å². The number of rotatable bonds is 33. The van der Waals surface area contributed by atoms with Gasteiger partial charge in [-0.05, 0) is 92.7 Å². The molecule has 2 fully saturated rings. The first-order valence-corrected chi connectivity index (χ1v) is 27.4. The minimum Gasteiger partial charge on any atom is -0.459 e. The summed E-state index contributed by atoms with van der Waals surface area (Å²) in [5.41, 5.74) is 1.92. The minimum absolute atomic E-state index is 0.00297. The minimum atomic E-state index is -1.66. The summed E-state index contributed by atoms with van der Waals surface area (Å²) in [5.74, 6) is -2.11. The number of amides is 2. The van der Waals surface area contributed by atoms with Crippen molar-refractivity contribution in [1.29, 1.82) is 0 Å². The number of carbonyl (C=O) groups excluding carboxylic acids is 2. The molecule has 7 atom stereocenters. The summed E-state index contributed by atoms with van der Waals surface area (Å²) >= 11 is 0. The molecular formula is C56H82N4O14. The van der Waals surface area contributed by atoms with Gasteiger partial charge in [0, 0.05) is 62.8 Å². The Hall–Kier alpha value is -5.11. The highest BCUT2D eigenvalue weighted by Crippen LogP contribution is 2.62. The first-order chi connectivity index (χ1) is 36.2. The fraction of sp³-hybridized carbons (Fsp3) is 0.661. The largest absolute Gasteiger partial charge is 0.459 e. The quantitative estimate of drug-likeness (QED) is 0.0226. The van der Waals surface area contributed by atoms with Crippen molar-refractivity contribution < 1.29 is 63.1 Å². The molecule has 2 heterocycles. The number of aliphatic hydroxyl groups is 3. The van der Waals surface area contributed by atoms with Crippen LogP contribution in [0.5, 0.6) is 17.2 Å². The predicted octanol–water partition coefficient (Wildman–Crippen LogP) is 10.3. The Kier molecular flexibility index (Phi) is 24.4. The molecular weight excluding hydrogens is 953 g/mol. The van der Waals surface area contributed by atoms with Crippen molar-refractivity contribution in [2.24, 2.45) is 22.9 Å². The molecule has 18 heteroatoms. The predicted molar refractivity (Wildman–Crippen MR) is 279 cm³/mol. The zero-order valence-electron chi connectivity index (χ0n) is 43.5. The third-order valence-electron chi connectivity index (χ3n) is 14.6. The van der Waals surface area contributed by atoms with Crippen molar-refractivity contribution in [2.75, 3.05) is 59.3 Å². The Morgan fingerprint density at radius 3 is 2.28 bits per heavy atom. The van der Waals surface area contributed by atoms with Gasteiger partial charge in [0.25, 0.3) is 5.69 Å². The van der Waals surface area contributed by atoms with Crippen LogP contribution < -0.4 is 19.5 Å². The van der Waals surface area contributed by atoms with Gasteiger partial charge in [-0.25, -0.2) is 9.59 Å². The maximum atomic E-state index is 14.9. The Labute approximate surface area is 436 Å². The number of fused-ring (bicyclic) bond motifs is 2. The lowest BCUT2D eigenvalue weighted by molar-refractivity contribution is -0.384. The number of oxime groups is 1. The molecule has 74 heavy (non-hydrogen) atoms. The first-order valence-electron chi connectivity index (χ1n) is 27.4. The van der Waals surface area contributed by atoms with Gasteiger partial charge in [-0.15, -0.1) is 6.58 Å². The Bertz CT molecular complexity index is 2120. The lowest BCUT2D eigenvalue weighted by atomic mass is 9.55. The third kappa shape index (κ3) is 16.2. The van der Waals surface area contributed by atoms with Gasteiger partial charge in [0.15, 0.2) is 0 Å². The molecule has 2 aliphatic heterocycles. The van der Waals surface area contributed by atoms with E-state index < -0.39 is 47.1 Å². The number of carbonyl (C=O) groups is 2. The molecule has 0 aromatic heterocycles. The van der Waals surface area contributed by atoms with Crippen LogP contribution in [0.1, 0.15) is 147 Å². The summed E-state index contributed by atoms with van der Waals surface area (Å²) < 4.78 is 38.2. The standard InChI is InChI=1S/C56H82N4O14/c1-3-5-6-7-8-9-10-11-12-16-29-57-54(64)71-44-27-28-49-47(39-44)52-45(21-14-18-32-62)41(20-13-17-31-61)38-46-48(58-74-51-22-15-19-35-69-51)40-50(56(73-49,53(46)52)70-34-4-2)59(30-36-68-37-33-63)55(65)72-43-25-23-42(24-26-43)60(66)67/h4,23-28,38-39,41,45,50-53,61-63H,2-3,5-22,29-37,40H2,1H3,(H,57,64)/t41-,45+,50-,51?,52+,53+,56+/m0/s1. The number of unbranched alkanes of at least 4 members (excludes halogenated alkanes) is 11. The second-order valence-electron chi connectivity index (χ2n) is 19.8. The van der Waals surface area contributed by atoms with Gasteiger partial charge in [-0.1, -0.05) is 94.9 Å². The number of allylic oxidation sites excluding steroid dienone is 1. The summed E-state index contributed by atoms with van der Waals surface area (Å²) in [6.07, 6.45) is 20.2. The molecule has 4 aliphatic rings. The third-order valence-corrected chi connectivity index (χ3v) is 14.6. The van der Waals surface area contributed by atoms with Crippen LogP contribution in [0, 0.1) is 27.9 Å². The van der Waals surface area contributed by atoms with Gasteiger partial charge in [0.2, 0.25) is 12.1 Å². The van der Waals surface area contributed by atoms with Gasteiger partial charge < -0.3 is 53.9 Å².